The summed E-state index contributed by atoms with van der Waals surface area (Å²) in [5.41, 5.74) is 0.650. The number of amides is 1. The highest BCUT2D eigenvalue weighted by Crippen LogP contribution is 2.23. The Balaban J connectivity index is 1.42. The van der Waals surface area contributed by atoms with E-state index in [4.69, 9.17) is 4.74 Å². The standard InChI is InChI=1S/C20H28N2O3/c1-16(23)17-7-9-19(10-8-17)25-15-20(24)22-13-11-21(12-14-22)18-5-3-2-4-6-18/h7-10,18H,2-6,11-15H2,1H3. The molecule has 0 radical (unpaired) electrons. The van der Waals surface area contributed by atoms with Crippen LogP contribution in [0.3, 0.4) is 0 Å². The van der Waals surface area contributed by atoms with Crippen molar-refractivity contribution in [2.75, 3.05) is 32.8 Å². The van der Waals surface area contributed by atoms with E-state index in [9.17, 15) is 9.59 Å². The highest BCUT2D eigenvalue weighted by Gasteiger charge is 2.27. The summed E-state index contributed by atoms with van der Waals surface area (Å²) in [6.45, 7) is 5.13. The summed E-state index contributed by atoms with van der Waals surface area (Å²) in [5, 5.41) is 0. The lowest BCUT2D eigenvalue weighted by atomic mass is 9.94. The van der Waals surface area contributed by atoms with Crippen LogP contribution in [0.15, 0.2) is 24.3 Å². The molecule has 0 aromatic heterocycles. The molecule has 1 aliphatic carbocycles. The SMILES string of the molecule is CC(=O)c1ccc(OCC(=O)N2CCN(C3CCCCC3)CC2)cc1. The van der Waals surface area contributed by atoms with Crippen molar-refractivity contribution in [3.05, 3.63) is 29.8 Å². The zero-order valence-electron chi connectivity index (χ0n) is 15.1. The van der Waals surface area contributed by atoms with E-state index in [2.05, 4.69) is 4.90 Å². The van der Waals surface area contributed by atoms with Crippen LogP contribution in [0.5, 0.6) is 5.75 Å². The van der Waals surface area contributed by atoms with E-state index in [0.29, 0.717) is 11.3 Å². The largest absolute Gasteiger partial charge is 0.484 e. The second-order valence-corrected chi connectivity index (χ2v) is 7.08. The summed E-state index contributed by atoms with van der Waals surface area (Å²) in [6, 6.07) is 7.66. The molecule has 1 aromatic rings. The van der Waals surface area contributed by atoms with Gasteiger partial charge in [-0.1, -0.05) is 19.3 Å². The Labute approximate surface area is 149 Å². The Kier molecular flexibility index (Phi) is 6.08. The smallest absolute Gasteiger partial charge is 0.260 e. The fourth-order valence-electron chi connectivity index (χ4n) is 3.80. The number of ketones is 1. The third kappa shape index (κ3) is 4.82. The van der Waals surface area contributed by atoms with Crippen LogP contribution >= 0.6 is 0 Å². The fourth-order valence-corrected chi connectivity index (χ4v) is 3.80. The molecule has 0 N–H and O–H groups in total. The quantitative estimate of drug-likeness (QED) is 0.771. The molecule has 0 unspecified atom stereocenters. The van der Waals surface area contributed by atoms with Crippen LogP contribution < -0.4 is 4.74 Å². The molecule has 1 aromatic carbocycles. The van der Waals surface area contributed by atoms with Crippen LogP contribution in [0.25, 0.3) is 0 Å². The van der Waals surface area contributed by atoms with Gasteiger partial charge in [0.1, 0.15) is 5.75 Å². The maximum Gasteiger partial charge on any atom is 0.260 e. The van der Waals surface area contributed by atoms with Crippen molar-refractivity contribution < 1.29 is 14.3 Å². The van der Waals surface area contributed by atoms with E-state index >= 15 is 0 Å². The highest BCUT2D eigenvalue weighted by molar-refractivity contribution is 5.94. The lowest BCUT2D eigenvalue weighted by molar-refractivity contribution is -0.135. The first kappa shape index (κ1) is 17.9. The molecule has 0 spiro atoms. The molecule has 0 atom stereocenters. The van der Waals surface area contributed by atoms with Crippen LogP contribution in [0, 0.1) is 0 Å². The number of benzene rings is 1. The van der Waals surface area contributed by atoms with Gasteiger partial charge in [0, 0.05) is 37.8 Å². The van der Waals surface area contributed by atoms with Crippen molar-refractivity contribution >= 4 is 11.7 Å². The van der Waals surface area contributed by atoms with Gasteiger partial charge >= 0.3 is 0 Å². The van der Waals surface area contributed by atoms with Gasteiger partial charge in [-0.2, -0.15) is 0 Å². The number of carbonyl (C=O) groups excluding carboxylic acids is 2. The van der Waals surface area contributed by atoms with E-state index in [0.717, 1.165) is 32.2 Å². The first-order valence-electron chi connectivity index (χ1n) is 9.39. The molecule has 1 saturated heterocycles. The normalized spacial score (nSPS) is 19.6. The summed E-state index contributed by atoms with van der Waals surface area (Å²) in [5.74, 6) is 0.691. The third-order valence-electron chi connectivity index (χ3n) is 5.38. The molecular formula is C20H28N2O3. The summed E-state index contributed by atoms with van der Waals surface area (Å²) < 4.78 is 5.58. The van der Waals surface area contributed by atoms with Crippen LogP contribution in [0.4, 0.5) is 0 Å². The Bertz CT molecular complexity index is 585. The average molecular weight is 344 g/mol. The molecule has 2 aliphatic rings. The van der Waals surface area contributed by atoms with Gasteiger partial charge < -0.3 is 9.64 Å². The molecule has 5 heteroatoms. The van der Waals surface area contributed by atoms with E-state index in [1.165, 1.54) is 39.0 Å². The van der Waals surface area contributed by atoms with Crippen molar-refractivity contribution in [3.8, 4) is 5.75 Å². The van der Waals surface area contributed by atoms with Gasteiger partial charge in [0.2, 0.25) is 0 Å². The Morgan fingerprint density at radius 2 is 1.64 bits per heavy atom. The van der Waals surface area contributed by atoms with Crippen LogP contribution in [0.1, 0.15) is 49.4 Å². The number of piperazine rings is 1. The van der Waals surface area contributed by atoms with Gasteiger partial charge in [0.05, 0.1) is 0 Å². The molecule has 136 valence electrons. The maximum atomic E-state index is 12.4. The Morgan fingerprint density at radius 3 is 2.24 bits per heavy atom. The van der Waals surface area contributed by atoms with Gasteiger partial charge in [-0.3, -0.25) is 14.5 Å². The van der Waals surface area contributed by atoms with E-state index in [-0.39, 0.29) is 18.3 Å². The van der Waals surface area contributed by atoms with E-state index in [1.807, 2.05) is 4.90 Å². The second-order valence-electron chi connectivity index (χ2n) is 7.08. The van der Waals surface area contributed by atoms with E-state index in [1.54, 1.807) is 24.3 Å². The van der Waals surface area contributed by atoms with Crippen LogP contribution in [0.2, 0.25) is 0 Å². The summed E-state index contributed by atoms with van der Waals surface area (Å²) in [7, 11) is 0. The molecule has 2 fully saturated rings. The van der Waals surface area contributed by atoms with Crippen LogP contribution in [-0.2, 0) is 4.79 Å². The number of rotatable bonds is 5. The van der Waals surface area contributed by atoms with Crippen LogP contribution in [-0.4, -0.2) is 60.3 Å². The summed E-state index contributed by atoms with van der Waals surface area (Å²) in [4.78, 5) is 28.1. The van der Waals surface area contributed by atoms with Gasteiger partial charge in [0.15, 0.2) is 12.4 Å². The number of hydrogen-bond donors (Lipinski definition) is 0. The molecule has 1 heterocycles. The van der Waals surface area contributed by atoms with Crippen molar-refractivity contribution in [3.63, 3.8) is 0 Å². The van der Waals surface area contributed by atoms with Gasteiger partial charge in [-0.05, 0) is 44.0 Å². The molecule has 1 aliphatic heterocycles. The number of hydrogen-bond acceptors (Lipinski definition) is 4. The van der Waals surface area contributed by atoms with Crippen molar-refractivity contribution in [2.45, 2.75) is 45.1 Å². The Morgan fingerprint density at radius 1 is 1.00 bits per heavy atom. The topological polar surface area (TPSA) is 49.9 Å². The second kappa shape index (κ2) is 8.48. The fraction of sp³-hybridized carbons (Fsp3) is 0.600. The van der Waals surface area contributed by atoms with Gasteiger partial charge in [0.25, 0.3) is 5.91 Å². The number of carbonyl (C=O) groups is 2. The first-order chi connectivity index (χ1) is 12.1. The number of nitrogens with zero attached hydrogens (tertiary/aromatic N) is 2. The van der Waals surface area contributed by atoms with Gasteiger partial charge in [-0.25, -0.2) is 0 Å². The Hall–Kier alpha value is -1.88. The minimum absolute atomic E-state index is 0.0264. The molecule has 25 heavy (non-hydrogen) atoms. The maximum absolute atomic E-state index is 12.4. The zero-order valence-corrected chi connectivity index (χ0v) is 15.1. The average Bonchev–Trinajstić information content (AvgIpc) is 2.67. The lowest BCUT2D eigenvalue weighted by Gasteiger charge is -2.40. The molecule has 1 saturated carbocycles. The third-order valence-corrected chi connectivity index (χ3v) is 5.38. The molecule has 1 amide bonds. The predicted octanol–water partition coefficient (Wildman–Crippen LogP) is 2.74. The zero-order chi connectivity index (χ0) is 17.6. The molecule has 0 bridgehead atoms. The molecule has 3 rings (SSSR count). The molecule has 5 nitrogen and oxygen atoms in total. The van der Waals surface area contributed by atoms with Crippen molar-refractivity contribution in [1.29, 1.82) is 0 Å². The lowest BCUT2D eigenvalue weighted by Crippen LogP contribution is -2.53. The van der Waals surface area contributed by atoms with E-state index < -0.39 is 0 Å². The van der Waals surface area contributed by atoms with Gasteiger partial charge in [-0.15, -0.1) is 0 Å². The molecular weight excluding hydrogens is 316 g/mol. The minimum atomic E-state index is 0.0264. The minimum Gasteiger partial charge on any atom is -0.484 e. The van der Waals surface area contributed by atoms with Crippen molar-refractivity contribution in [1.82, 2.24) is 9.80 Å². The number of ether oxygens (including phenoxy) is 1. The summed E-state index contributed by atoms with van der Waals surface area (Å²) >= 11 is 0. The van der Waals surface area contributed by atoms with Crippen molar-refractivity contribution in [2.24, 2.45) is 0 Å². The monoisotopic (exact) mass is 344 g/mol. The number of Topliss-reactive ketones (excluding diaryl/α,β-unsaturated/α-hetero) is 1. The predicted molar refractivity (Wildman–Crippen MR) is 97.0 cm³/mol. The highest BCUT2D eigenvalue weighted by atomic mass is 16.5. The first-order valence-corrected chi connectivity index (χ1v) is 9.39. The summed E-state index contributed by atoms with van der Waals surface area (Å²) in [6.07, 6.45) is 6.69.